The minimum atomic E-state index is -5.08. The van der Waals surface area contributed by atoms with Gasteiger partial charge in [0.2, 0.25) is 23.8 Å². The van der Waals surface area contributed by atoms with Crippen molar-refractivity contribution in [2.45, 2.75) is 129 Å². The molecule has 10 heterocycles. The molecule has 0 aliphatic carbocycles. The number of anilines is 7. The minimum Gasteiger partial charge on any atom is -0.870 e. The normalized spacial score (nSPS) is 12.1. The number of carboxylic acid groups (broad SMARTS) is 2. The van der Waals surface area contributed by atoms with Gasteiger partial charge < -0.3 is 51.7 Å². The first-order valence-corrected chi connectivity index (χ1v) is 48.6. The summed E-state index contributed by atoms with van der Waals surface area (Å²) in [5.74, 6) is -3.64. The minimum absolute atomic E-state index is 0. The van der Waals surface area contributed by atoms with Gasteiger partial charge in [0.05, 0.1) is 35.3 Å². The van der Waals surface area contributed by atoms with Gasteiger partial charge in [0, 0.05) is 47.7 Å². The van der Waals surface area contributed by atoms with Crippen molar-refractivity contribution in [3.8, 4) is 44.5 Å². The Kier molecular flexibility index (Phi) is 39.8. The second-order valence-electron chi connectivity index (χ2n) is 32.5. The van der Waals surface area contributed by atoms with Gasteiger partial charge >= 0.3 is 48.9 Å². The Bertz CT molecular complexity index is 7050. The molecular weight excluding hydrogens is 1950 g/mol. The molecule has 2 aliphatic rings. The van der Waals surface area contributed by atoms with E-state index >= 15 is 0 Å². The van der Waals surface area contributed by atoms with Crippen LogP contribution in [0, 0.1) is 83.1 Å². The second-order valence-corrected chi connectivity index (χ2v) is 37.2. The fourth-order valence-corrected chi connectivity index (χ4v) is 18.6. The number of esters is 2. The molecule has 730 valence electrons. The van der Waals surface area contributed by atoms with E-state index in [-0.39, 0.29) is 59.5 Å². The third-order valence-corrected chi connectivity index (χ3v) is 25.6. The maximum atomic E-state index is 12.4. The van der Waals surface area contributed by atoms with Gasteiger partial charge in [-0.25, -0.2) is 59.0 Å². The van der Waals surface area contributed by atoms with Crippen molar-refractivity contribution in [1.82, 2.24) is 95.8 Å². The van der Waals surface area contributed by atoms with Crippen LogP contribution < -0.4 is 51.6 Å². The molecule has 2 saturated heterocycles. The van der Waals surface area contributed by atoms with Crippen molar-refractivity contribution < 1.29 is 81.2 Å². The summed E-state index contributed by atoms with van der Waals surface area (Å²) in [5, 5.41) is 69.7. The quantitative estimate of drug-likeness (QED) is 0.0245. The van der Waals surface area contributed by atoms with E-state index in [4.69, 9.17) is 35.9 Å². The van der Waals surface area contributed by atoms with Gasteiger partial charge in [-0.2, -0.15) is 13.2 Å². The largest absolute Gasteiger partial charge is 1.00 e. The van der Waals surface area contributed by atoms with Crippen molar-refractivity contribution in [2.24, 2.45) is 5.73 Å². The van der Waals surface area contributed by atoms with Gasteiger partial charge in [0.1, 0.15) is 27.8 Å². The topological polar surface area (TPSA) is 487 Å². The zero-order chi connectivity index (χ0) is 99.9. The zero-order valence-electron chi connectivity index (χ0n) is 80.3. The van der Waals surface area contributed by atoms with E-state index in [1.54, 1.807) is 30.0 Å². The van der Waals surface area contributed by atoms with Gasteiger partial charge in [-0.15, -0.1) is 86.1 Å². The van der Waals surface area contributed by atoms with Gasteiger partial charge in [0.25, 0.3) is 5.91 Å². The summed E-state index contributed by atoms with van der Waals surface area (Å²) in [7, 11) is 0. The molecule has 0 bridgehead atoms. The van der Waals surface area contributed by atoms with Crippen LogP contribution in [0.15, 0.2) is 147 Å². The number of carbonyl (C=O) groups is 5. The Labute approximate surface area is 847 Å². The number of aromatic carboxylic acids is 1. The van der Waals surface area contributed by atoms with Crippen LogP contribution >= 0.6 is 61.3 Å². The van der Waals surface area contributed by atoms with Crippen LogP contribution in [0.4, 0.5) is 52.4 Å². The molecule has 0 atom stereocenters. The molecule has 18 rings (SSSR count). The number of fused-ring (bicyclic) bond motifs is 4. The molecule has 0 saturated carbocycles. The number of hydrogen-bond acceptors (Lipinski definition) is 35. The molecule has 11 N–H and O–H groups in total. The van der Waals surface area contributed by atoms with E-state index in [2.05, 4.69) is 280 Å². The van der Waals surface area contributed by atoms with Crippen LogP contribution in [-0.2, 0) is 14.3 Å². The summed E-state index contributed by atoms with van der Waals surface area (Å²) in [6.45, 7) is 37.4. The average molecular weight is 2050 g/mol. The molecule has 8 aromatic heterocycles. The van der Waals surface area contributed by atoms with E-state index in [1.165, 1.54) is 156 Å². The van der Waals surface area contributed by atoms with Crippen LogP contribution in [0.25, 0.3) is 88.6 Å². The Morgan fingerprint density at radius 2 is 0.716 bits per heavy atom. The molecule has 43 heteroatoms. The number of rotatable bonds is 21. The van der Waals surface area contributed by atoms with Crippen molar-refractivity contribution in [3.63, 3.8) is 0 Å². The van der Waals surface area contributed by atoms with Gasteiger partial charge in [-0.05, 0) is 325 Å². The predicted molar refractivity (Wildman–Crippen MR) is 546 cm³/mol. The summed E-state index contributed by atoms with van der Waals surface area (Å²) in [6.07, 6.45) is 0.154. The fraction of sp³-hybridized carbons (Fsp3) is 0.296. The zero-order valence-corrected chi connectivity index (χ0v) is 85.2. The number of likely N-dealkylation sites (tertiary alicyclic amines) is 2. The Morgan fingerprint density at radius 3 is 1.03 bits per heavy atom. The molecule has 141 heavy (non-hydrogen) atoms. The first-order valence-electron chi connectivity index (χ1n) is 44.2. The average Bonchev–Trinajstić information content (AvgIpc) is 0.817. The fourth-order valence-electron chi connectivity index (χ4n) is 15.6. The number of benzene rings is 8. The third-order valence-electron chi connectivity index (χ3n) is 22.0. The Morgan fingerprint density at radius 1 is 0.418 bits per heavy atom. The maximum absolute atomic E-state index is 12.4. The van der Waals surface area contributed by atoms with Crippen molar-refractivity contribution in [2.75, 3.05) is 87.3 Å². The standard InChI is InChI=1S/C26H29N7OS.C22H21N5O2S.C20H17N5O2S.C16H16N4.C6H6BrNO2S.C6H14N2.C2HF3O2.Li.H2O/c1-16-7-6-8-17(2)22(16)19-13-18(3)23-20(14-19)31-32-25(29-23)30-26-28-21(15-35-26)24(34)27-9-12-33-10-4-5-11-33;1-5-29-20(28)17-11-30-22(23-17)25-21-24-19-14(4)9-15(10-16(19)26-27-21)18-12(2)7-6-8-13(18)3;1-10-5-4-6-11(2)16(10)13-7-12(3)17-14(8-13)24-25-19(22-17)23-20-21-15(9-28-20)18(26)27;1-9-5-4-6-10(2)14(9)12-7-11(3)15-13(8-12)19-20-16(17)18-15;1-2-10-5(9)4-3-11-6(7)8-4;7-3-6-8-4-1-2-5-8;3-2(4,5)1(6)7;;/h6-8,13-15H,4-5,9-12H2,1-3H3,(H,27,34)(H,28,29,30,32);6-11H,5H2,1-4H3,(H,23,24,25,27);4-9H,1-3H3,(H,26,27)(H,21,22,23,25);4-8H,1-3H3,(H2,17,18,20);3H,2H2,1H3;1-7H2;(H,6,7);;1H2/q;;;;;;;+1;/p-1. The Balaban J connectivity index is 0.000000179. The van der Waals surface area contributed by atoms with E-state index < -0.39 is 24.1 Å². The second kappa shape index (κ2) is 51.2. The monoisotopic (exact) mass is 2050 g/mol. The number of ether oxygens (including phenoxy) is 2. The van der Waals surface area contributed by atoms with Crippen LogP contribution in [0.3, 0.4) is 0 Å². The number of nitrogens with one attached hydrogen (secondary N) is 4. The van der Waals surface area contributed by atoms with E-state index in [0.29, 0.717) is 67.9 Å². The number of aryl methyl sites for hydroxylation is 12. The van der Waals surface area contributed by atoms with Gasteiger partial charge in [-0.1, -0.05) is 72.8 Å². The summed E-state index contributed by atoms with van der Waals surface area (Å²) >= 11 is 8.31. The number of thiazole rings is 4. The Hall–Kier alpha value is -13.4. The molecule has 2 fully saturated rings. The van der Waals surface area contributed by atoms with E-state index in [9.17, 15) is 32.3 Å². The molecule has 0 unspecified atom stereocenters. The summed E-state index contributed by atoms with van der Waals surface area (Å²) in [4.78, 5) is 94.4. The molecule has 0 radical (unpaired) electrons. The van der Waals surface area contributed by atoms with Crippen molar-refractivity contribution >= 4 is 174 Å². The van der Waals surface area contributed by atoms with Gasteiger partial charge in [-0.3, -0.25) is 20.7 Å². The number of aromatic nitrogens is 16. The molecule has 0 spiro atoms. The van der Waals surface area contributed by atoms with Gasteiger partial charge in [0.15, 0.2) is 36.4 Å². The molecule has 2 aliphatic heterocycles. The summed E-state index contributed by atoms with van der Waals surface area (Å²) < 4.78 is 42.1. The molecule has 1 amide bonds. The number of alkyl halides is 3. The van der Waals surface area contributed by atoms with Crippen LogP contribution in [0.5, 0.6) is 0 Å². The van der Waals surface area contributed by atoms with Crippen molar-refractivity contribution in [1.29, 1.82) is 0 Å². The number of carbonyl (C=O) groups excluding carboxylic acids is 3. The van der Waals surface area contributed by atoms with Crippen LogP contribution in [-0.4, -0.2) is 208 Å². The first-order chi connectivity index (χ1) is 66.5. The smallest absolute Gasteiger partial charge is 0.870 e. The number of nitrogens with two attached hydrogens (primary N) is 2. The summed E-state index contributed by atoms with van der Waals surface area (Å²) in [6, 6.07) is 41.7. The molecule has 34 nitrogen and oxygen atoms in total. The number of nitrogen functional groups attached to an aromatic ring is 1. The van der Waals surface area contributed by atoms with Crippen LogP contribution in [0.1, 0.15) is 148 Å². The molecule has 8 aromatic carbocycles. The number of aliphatic carboxylic acids is 1. The SMILES string of the molecule is CCOC(=O)c1csc(Br)n1.CCOC(=O)c1csc(Nc2nnc3cc(-c4c(C)cccc4C)cc(C)c3n2)n1.Cc1cccc(C)c1-c1cc(C)c2nc(N)nnc2c1.Cc1cccc(C)c1-c1cc(C)c2nc(Nc3nc(C(=O)NCCN4CCCC4)cs3)nnc2c1.Cc1cccc(C)c1-c1cc(C)c2nc(Nc3nc(C(=O)O)cs3)nnc2c1.NCCN1CCCC1.O=C(O)C(F)(F)F.[Li+].[OH-]. The molecule has 16 aromatic rings. The number of carboxylic acids is 2. The van der Waals surface area contributed by atoms with Crippen LogP contribution in [0.2, 0.25) is 0 Å². The number of amides is 1. The first kappa shape index (κ1) is 110. The van der Waals surface area contributed by atoms with E-state index in [1.807, 2.05) is 52.0 Å². The molecular formula is C98H105BrF3LiN24O10S4. The third kappa shape index (κ3) is 29.6. The maximum Gasteiger partial charge on any atom is 1.00 e. The number of hydrogen-bond donors (Lipinski definition) is 8. The predicted octanol–water partition coefficient (Wildman–Crippen LogP) is 16.9. The number of halogens is 4. The van der Waals surface area contributed by atoms with Crippen molar-refractivity contribution in [3.05, 3.63) is 236 Å². The summed E-state index contributed by atoms with van der Waals surface area (Å²) in [5.41, 5.74) is 41.2. The van der Waals surface area contributed by atoms with E-state index in [0.717, 1.165) is 116 Å². The number of nitrogens with zero attached hydrogens (tertiary/aromatic N) is 18.